The summed E-state index contributed by atoms with van der Waals surface area (Å²) in [5.74, 6) is -0.202. The summed E-state index contributed by atoms with van der Waals surface area (Å²) in [7, 11) is 1.47. The molecule has 4 nitrogen and oxygen atoms in total. The van der Waals surface area contributed by atoms with Crippen molar-refractivity contribution >= 4 is 17.6 Å². The van der Waals surface area contributed by atoms with Gasteiger partial charge >= 0.3 is 6.03 Å². The summed E-state index contributed by atoms with van der Waals surface area (Å²) in [6.45, 7) is 5.71. The van der Waals surface area contributed by atoms with Gasteiger partial charge in [0.2, 0.25) is 5.91 Å². The summed E-state index contributed by atoms with van der Waals surface area (Å²) in [6, 6.07) is 5.24. The van der Waals surface area contributed by atoms with Crippen LogP contribution in [-0.2, 0) is 4.79 Å². The van der Waals surface area contributed by atoms with Crippen molar-refractivity contribution in [2.45, 2.75) is 27.2 Å². The maximum Gasteiger partial charge on any atom is 0.328 e. The molecule has 0 fully saturated rings. The molecule has 0 heterocycles. The Morgan fingerprint density at radius 2 is 1.88 bits per heavy atom. The van der Waals surface area contributed by atoms with Crippen LogP contribution in [0.25, 0.3) is 0 Å². The first-order chi connectivity index (χ1) is 7.95. The maximum absolute atomic E-state index is 11.7. The van der Waals surface area contributed by atoms with Crippen LogP contribution in [0.4, 0.5) is 10.5 Å². The predicted octanol–water partition coefficient (Wildman–Crippen LogP) is 2.70. The molecule has 0 atom stereocenters. The van der Waals surface area contributed by atoms with Crippen LogP contribution < -0.4 is 5.32 Å². The van der Waals surface area contributed by atoms with E-state index in [4.69, 9.17) is 0 Å². The summed E-state index contributed by atoms with van der Waals surface area (Å²) in [5.41, 5.74) is 2.97. The maximum atomic E-state index is 11.7. The third kappa shape index (κ3) is 3.31. The minimum atomic E-state index is -0.403. The minimum Gasteiger partial charge on any atom is -0.307 e. The predicted molar refractivity (Wildman–Crippen MR) is 68.0 cm³/mol. The molecule has 0 aliphatic carbocycles. The van der Waals surface area contributed by atoms with Crippen LogP contribution in [0, 0.1) is 13.8 Å². The second-order valence-electron chi connectivity index (χ2n) is 4.04. The Labute approximate surface area is 102 Å². The SMILES string of the molecule is CCC(=O)N(C)C(=O)Nc1ccc(C)c(C)c1. The van der Waals surface area contributed by atoms with Crippen molar-refractivity contribution in [1.29, 1.82) is 0 Å². The lowest BCUT2D eigenvalue weighted by atomic mass is 10.1. The van der Waals surface area contributed by atoms with Crippen LogP contribution >= 0.6 is 0 Å². The van der Waals surface area contributed by atoms with E-state index in [2.05, 4.69) is 5.32 Å². The lowest BCUT2D eigenvalue weighted by molar-refractivity contribution is -0.126. The standard InChI is InChI=1S/C13H18N2O2/c1-5-12(16)15(4)13(17)14-11-7-6-9(2)10(3)8-11/h6-8H,5H2,1-4H3,(H,14,17). The number of carbonyl (C=O) groups is 2. The molecule has 0 aromatic heterocycles. The van der Waals surface area contributed by atoms with E-state index in [1.54, 1.807) is 6.92 Å². The molecule has 0 bridgehead atoms. The molecule has 17 heavy (non-hydrogen) atoms. The van der Waals surface area contributed by atoms with Crippen molar-refractivity contribution in [1.82, 2.24) is 4.90 Å². The number of rotatable bonds is 2. The smallest absolute Gasteiger partial charge is 0.307 e. The molecule has 1 aromatic rings. The van der Waals surface area contributed by atoms with Gasteiger partial charge in [-0.3, -0.25) is 9.69 Å². The Hall–Kier alpha value is -1.84. The number of nitrogens with one attached hydrogen (secondary N) is 1. The van der Waals surface area contributed by atoms with Gasteiger partial charge in [0.25, 0.3) is 0 Å². The van der Waals surface area contributed by atoms with Crippen LogP contribution in [0.2, 0.25) is 0 Å². The first-order valence-corrected chi connectivity index (χ1v) is 5.60. The van der Waals surface area contributed by atoms with Crippen LogP contribution in [0.15, 0.2) is 18.2 Å². The molecule has 0 radical (unpaired) electrons. The number of aryl methyl sites for hydroxylation is 2. The summed E-state index contributed by atoms with van der Waals surface area (Å²) >= 11 is 0. The number of imide groups is 1. The van der Waals surface area contributed by atoms with Gasteiger partial charge in [0.05, 0.1) is 0 Å². The topological polar surface area (TPSA) is 49.4 Å². The number of benzene rings is 1. The van der Waals surface area contributed by atoms with E-state index in [9.17, 15) is 9.59 Å². The molecule has 0 aliphatic heterocycles. The third-order valence-electron chi connectivity index (χ3n) is 2.74. The molecule has 3 amide bonds. The number of amides is 3. The highest BCUT2D eigenvalue weighted by molar-refractivity contribution is 6.00. The Kier molecular flexibility index (Phi) is 4.26. The van der Waals surface area contributed by atoms with Gasteiger partial charge in [-0.05, 0) is 37.1 Å². The molecule has 0 saturated carbocycles. The fraction of sp³-hybridized carbons (Fsp3) is 0.385. The van der Waals surface area contributed by atoms with E-state index in [1.165, 1.54) is 12.6 Å². The number of hydrogen-bond donors (Lipinski definition) is 1. The van der Waals surface area contributed by atoms with E-state index in [1.807, 2.05) is 32.0 Å². The van der Waals surface area contributed by atoms with Gasteiger partial charge < -0.3 is 5.32 Å². The van der Waals surface area contributed by atoms with Crippen LogP contribution in [0.5, 0.6) is 0 Å². The molecule has 0 unspecified atom stereocenters. The molecule has 1 aromatic carbocycles. The number of anilines is 1. The normalized spacial score (nSPS) is 9.88. The van der Waals surface area contributed by atoms with E-state index in [0.717, 1.165) is 10.5 Å². The van der Waals surface area contributed by atoms with Crippen LogP contribution in [0.1, 0.15) is 24.5 Å². The van der Waals surface area contributed by atoms with Crippen molar-refractivity contribution in [3.05, 3.63) is 29.3 Å². The average Bonchev–Trinajstić information content (AvgIpc) is 2.31. The Morgan fingerprint density at radius 3 is 2.41 bits per heavy atom. The Bertz CT molecular complexity index is 441. The summed E-state index contributed by atoms with van der Waals surface area (Å²) in [5, 5.41) is 2.69. The summed E-state index contributed by atoms with van der Waals surface area (Å²) in [6.07, 6.45) is 0.316. The molecular weight excluding hydrogens is 216 g/mol. The van der Waals surface area contributed by atoms with Crippen molar-refractivity contribution in [2.24, 2.45) is 0 Å². The second kappa shape index (κ2) is 5.48. The fourth-order valence-electron chi connectivity index (χ4n) is 1.38. The highest BCUT2D eigenvalue weighted by Gasteiger charge is 2.14. The first kappa shape index (κ1) is 13.2. The molecule has 0 aliphatic rings. The molecule has 1 N–H and O–H groups in total. The van der Waals surface area contributed by atoms with Crippen molar-refractivity contribution in [3.8, 4) is 0 Å². The molecule has 0 saturated heterocycles. The number of urea groups is 1. The Balaban J connectivity index is 2.74. The number of nitrogens with zero attached hydrogens (tertiary/aromatic N) is 1. The largest absolute Gasteiger partial charge is 0.328 e. The molecule has 0 spiro atoms. The van der Waals surface area contributed by atoms with E-state index < -0.39 is 6.03 Å². The number of hydrogen-bond acceptors (Lipinski definition) is 2. The van der Waals surface area contributed by atoms with E-state index >= 15 is 0 Å². The monoisotopic (exact) mass is 234 g/mol. The van der Waals surface area contributed by atoms with Gasteiger partial charge in [0.15, 0.2) is 0 Å². The lowest BCUT2D eigenvalue weighted by Crippen LogP contribution is -2.36. The average molecular weight is 234 g/mol. The third-order valence-corrected chi connectivity index (χ3v) is 2.74. The highest BCUT2D eigenvalue weighted by Crippen LogP contribution is 2.14. The van der Waals surface area contributed by atoms with Gasteiger partial charge in [0.1, 0.15) is 0 Å². The highest BCUT2D eigenvalue weighted by atomic mass is 16.2. The Morgan fingerprint density at radius 1 is 1.24 bits per heavy atom. The molecule has 92 valence electrons. The zero-order valence-corrected chi connectivity index (χ0v) is 10.7. The van der Waals surface area contributed by atoms with Gasteiger partial charge in [-0.15, -0.1) is 0 Å². The zero-order chi connectivity index (χ0) is 13.0. The van der Waals surface area contributed by atoms with Gasteiger partial charge in [-0.2, -0.15) is 0 Å². The van der Waals surface area contributed by atoms with E-state index in [-0.39, 0.29) is 5.91 Å². The van der Waals surface area contributed by atoms with Crippen molar-refractivity contribution in [3.63, 3.8) is 0 Å². The number of carbonyl (C=O) groups excluding carboxylic acids is 2. The molecule has 1 rings (SSSR count). The molecular formula is C13H18N2O2. The first-order valence-electron chi connectivity index (χ1n) is 5.60. The van der Waals surface area contributed by atoms with Crippen molar-refractivity contribution < 1.29 is 9.59 Å². The van der Waals surface area contributed by atoms with Crippen LogP contribution in [-0.4, -0.2) is 23.9 Å². The van der Waals surface area contributed by atoms with Gasteiger partial charge in [0, 0.05) is 19.2 Å². The van der Waals surface area contributed by atoms with Crippen molar-refractivity contribution in [2.75, 3.05) is 12.4 Å². The quantitative estimate of drug-likeness (QED) is 0.855. The second-order valence-corrected chi connectivity index (χ2v) is 4.04. The minimum absolute atomic E-state index is 0.202. The zero-order valence-electron chi connectivity index (χ0n) is 10.7. The van der Waals surface area contributed by atoms with Gasteiger partial charge in [-0.1, -0.05) is 13.0 Å². The van der Waals surface area contributed by atoms with E-state index in [0.29, 0.717) is 12.1 Å². The summed E-state index contributed by atoms with van der Waals surface area (Å²) in [4.78, 5) is 24.1. The summed E-state index contributed by atoms with van der Waals surface area (Å²) < 4.78 is 0. The molecule has 4 heteroatoms. The van der Waals surface area contributed by atoms with Gasteiger partial charge in [-0.25, -0.2) is 4.79 Å². The fourth-order valence-corrected chi connectivity index (χ4v) is 1.38. The van der Waals surface area contributed by atoms with Crippen LogP contribution in [0.3, 0.4) is 0 Å². The lowest BCUT2D eigenvalue weighted by Gasteiger charge is -2.15.